The van der Waals surface area contributed by atoms with Crippen molar-refractivity contribution in [2.45, 2.75) is 55.3 Å². The highest BCUT2D eigenvalue weighted by atomic mass is 35.5. The van der Waals surface area contributed by atoms with Crippen molar-refractivity contribution in [2.24, 2.45) is 4.99 Å². The van der Waals surface area contributed by atoms with Crippen molar-refractivity contribution in [1.29, 1.82) is 0 Å². The number of carbonyl (C=O) groups is 1. The number of ether oxygens (including phenoxy) is 1. The van der Waals surface area contributed by atoms with Crippen molar-refractivity contribution in [1.82, 2.24) is 0 Å². The van der Waals surface area contributed by atoms with E-state index in [4.69, 9.17) is 39.5 Å². The molecule has 1 fully saturated rings. The highest BCUT2D eigenvalue weighted by molar-refractivity contribution is 6.65. The minimum atomic E-state index is -1.33. The van der Waals surface area contributed by atoms with E-state index in [1.54, 1.807) is 6.92 Å². The maximum atomic E-state index is 12.0. The van der Waals surface area contributed by atoms with Gasteiger partial charge in [0.2, 0.25) is 0 Å². The lowest BCUT2D eigenvalue weighted by molar-refractivity contribution is -0.144. The molecule has 1 atom stereocenters. The summed E-state index contributed by atoms with van der Waals surface area (Å²) in [5.74, 6) is -0.517. The fraction of sp³-hybridized carbons (Fsp3) is 0.833. The van der Waals surface area contributed by atoms with Crippen LogP contribution < -0.4 is 0 Å². The summed E-state index contributed by atoms with van der Waals surface area (Å²) in [6, 6.07) is -0.0393. The quantitative estimate of drug-likeness (QED) is 0.588. The number of hydrogen-bond donors (Lipinski definition) is 0. The Kier molecular flexibility index (Phi) is 5.33. The molecule has 1 aliphatic carbocycles. The highest BCUT2D eigenvalue weighted by Gasteiger charge is 2.54. The monoisotopic (exact) mass is 313 g/mol. The molecule has 0 aliphatic heterocycles. The largest absolute Gasteiger partial charge is 0.464 e. The third-order valence-electron chi connectivity index (χ3n) is 2.72. The Labute approximate surface area is 123 Å². The first-order valence-corrected chi connectivity index (χ1v) is 7.20. The summed E-state index contributed by atoms with van der Waals surface area (Å²) in [5.41, 5.74) is 0.319. The molecule has 0 N–H and O–H groups in total. The van der Waals surface area contributed by atoms with Gasteiger partial charge in [-0.15, -0.1) is 0 Å². The van der Waals surface area contributed by atoms with Gasteiger partial charge in [-0.3, -0.25) is 4.99 Å². The van der Waals surface area contributed by atoms with E-state index < -0.39 is 15.2 Å². The molecule has 0 aromatic rings. The first-order chi connectivity index (χ1) is 8.24. The van der Waals surface area contributed by atoms with Crippen LogP contribution in [0.1, 0.15) is 40.0 Å². The van der Waals surface area contributed by atoms with Crippen LogP contribution >= 0.6 is 34.8 Å². The van der Waals surface area contributed by atoms with Crippen molar-refractivity contribution >= 4 is 46.5 Å². The van der Waals surface area contributed by atoms with Gasteiger partial charge in [-0.05, 0) is 40.0 Å². The van der Waals surface area contributed by atoms with Gasteiger partial charge in [0.15, 0.2) is 9.21 Å². The molecule has 0 spiro atoms. The predicted molar refractivity (Wildman–Crippen MR) is 76.1 cm³/mol. The number of rotatable bonds is 3. The molecular formula is C12H18Cl3NO2. The number of halogens is 3. The van der Waals surface area contributed by atoms with Gasteiger partial charge >= 0.3 is 5.97 Å². The van der Waals surface area contributed by atoms with Crippen LogP contribution in [0, 0.1) is 0 Å². The van der Waals surface area contributed by atoms with Crippen LogP contribution in [-0.2, 0) is 9.53 Å². The Hall–Kier alpha value is 0.01000. The maximum Gasteiger partial charge on any atom is 0.333 e. The third kappa shape index (κ3) is 3.31. The van der Waals surface area contributed by atoms with E-state index in [1.807, 2.05) is 13.8 Å². The third-order valence-corrected chi connectivity index (χ3v) is 3.98. The lowest BCUT2D eigenvalue weighted by Crippen LogP contribution is -2.53. The van der Waals surface area contributed by atoms with E-state index in [1.165, 1.54) is 0 Å². The number of hydrogen-bond acceptors (Lipinski definition) is 3. The maximum absolute atomic E-state index is 12.0. The van der Waals surface area contributed by atoms with Gasteiger partial charge in [0, 0.05) is 6.04 Å². The molecule has 0 amide bonds. The smallest absolute Gasteiger partial charge is 0.333 e. The Bertz CT molecular complexity index is 355. The summed E-state index contributed by atoms with van der Waals surface area (Å²) in [4.78, 5) is 15.1. The first kappa shape index (κ1) is 16.1. The fourth-order valence-electron chi connectivity index (χ4n) is 1.98. The van der Waals surface area contributed by atoms with Crippen molar-refractivity contribution in [3.63, 3.8) is 0 Å². The topological polar surface area (TPSA) is 38.7 Å². The molecule has 3 nitrogen and oxygen atoms in total. The molecule has 0 radical (unpaired) electrons. The van der Waals surface area contributed by atoms with Crippen LogP contribution in [0.15, 0.2) is 4.99 Å². The molecule has 0 aromatic carbocycles. The number of aliphatic imine (C=N–C) groups is 1. The van der Waals surface area contributed by atoms with E-state index in [2.05, 4.69) is 4.99 Å². The number of nitrogens with zero attached hydrogens (tertiary/aromatic N) is 1. The van der Waals surface area contributed by atoms with Crippen LogP contribution in [0.4, 0.5) is 0 Å². The van der Waals surface area contributed by atoms with Crippen molar-refractivity contribution in [2.75, 3.05) is 6.61 Å². The molecule has 6 heteroatoms. The average molecular weight is 315 g/mol. The van der Waals surface area contributed by atoms with E-state index >= 15 is 0 Å². The Morgan fingerprint density at radius 3 is 2.50 bits per heavy atom. The second-order valence-electron chi connectivity index (χ2n) is 4.65. The minimum absolute atomic E-state index is 0.0393. The summed E-state index contributed by atoms with van der Waals surface area (Å²) < 4.78 is 3.82. The molecule has 1 saturated carbocycles. The zero-order valence-electron chi connectivity index (χ0n) is 10.8. The summed E-state index contributed by atoms with van der Waals surface area (Å²) >= 11 is 18.9. The van der Waals surface area contributed by atoms with Gasteiger partial charge in [0.1, 0.15) is 0 Å². The van der Waals surface area contributed by atoms with E-state index in [-0.39, 0.29) is 12.6 Å². The number of alkyl halides is 3. The normalized spacial score (nSPS) is 29.6. The van der Waals surface area contributed by atoms with Crippen LogP contribution in [-0.4, -0.2) is 33.5 Å². The molecule has 0 bridgehead atoms. The number of esters is 1. The Morgan fingerprint density at radius 2 is 2.00 bits per heavy atom. The molecule has 18 heavy (non-hydrogen) atoms. The van der Waals surface area contributed by atoms with Gasteiger partial charge in [0.25, 0.3) is 0 Å². The number of carbonyl (C=O) groups excluding carboxylic acids is 1. The fourth-order valence-corrected chi connectivity index (χ4v) is 3.16. The van der Waals surface area contributed by atoms with E-state index in [0.29, 0.717) is 25.0 Å². The zero-order chi connectivity index (χ0) is 14.0. The SMILES string of the molecule is CCOC(=O)[C@@]1(Cl)CCCC(Cl)(Cl)C1=NC(C)C. The predicted octanol–water partition coefficient (Wildman–Crippen LogP) is 3.73. The first-order valence-electron chi connectivity index (χ1n) is 6.06. The van der Waals surface area contributed by atoms with Crippen LogP contribution in [0.25, 0.3) is 0 Å². The van der Waals surface area contributed by atoms with Crippen molar-refractivity contribution < 1.29 is 9.53 Å². The lowest BCUT2D eigenvalue weighted by Gasteiger charge is -2.38. The molecule has 104 valence electrons. The van der Waals surface area contributed by atoms with Gasteiger partial charge in [0.05, 0.1) is 12.3 Å². The molecule has 0 aromatic heterocycles. The van der Waals surface area contributed by atoms with E-state index in [0.717, 1.165) is 0 Å². The molecule has 0 saturated heterocycles. The van der Waals surface area contributed by atoms with E-state index in [9.17, 15) is 4.79 Å². The van der Waals surface area contributed by atoms with Crippen LogP contribution in [0.2, 0.25) is 0 Å². The minimum Gasteiger partial charge on any atom is -0.464 e. The molecule has 1 aliphatic rings. The molecule has 1 rings (SSSR count). The summed E-state index contributed by atoms with van der Waals surface area (Å²) in [5, 5.41) is 0. The van der Waals surface area contributed by atoms with Gasteiger partial charge in [-0.2, -0.15) is 0 Å². The highest BCUT2D eigenvalue weighted by Crippen LogP contribution is 2.44. The Morgan fingerprint density at radius 1 is 1.39 bits per heavy atom. The summed E-state index contributed by atoms with van der Waals surface area (Å²) in [6.45, 7) is 5.76. The van der Waals surface area contributed by atoms with Gasteiger partial charge < -0.3 is 4.74 Å². The van der Waals surface area contributed by atoms with Crippen LogP contribution in [0.5, 0.6) is 0 Å². The summed E-state index contributed by atoms with van der Waals surface area (Å²) in [7, 11) is 0. The van der Waals surface area contributed by atoms with Gasteiger partial charge in [-0.25, -0.2) is 4.79 Å². The van der Waals surface area contributed by atoms with Crippen molar-refractivity contribution in [3.05, 3.63) is 0 Å². The molecule has 0 unspecified atom stereocenters. The second-order valence-corrected chi connectivity index (χ2v) is 6.78. The molecule has 0 heterocycles. The second kappa shape index (κ2) is 5.98. The molecular weight excluding hydrogens is 296 g/mol. The van der Waals surface area contributed by atoms with Gasteiger partial charge in [-0.1, -0.05) is 34.8 Å². The standard InChI is InChI=1S/C12H18Cl3NO2/c1-4-18-10(17)11(13)6-5-7-12(14,15)9(11)16-8(2)3/h8H,4-7H2,1-3H3/t11-/m1/s1. The lowest BCUT2D eigenvalue weighted by atomic mass is 9.85. The summed E-state index contributed by atoms with van der Waals surface area (Å²) in [6.07, 6.45) is 1.64. The van der Waals surface area contributed by atoms with Crippen LogP contribution in [0.3, 0.4) is 0 Å². The average Bonchev–Trinajstić information content (AvgIpc) is 2.23. The zero-order valence-corrected chi connectivity index (χ0v) is 13.1. The van der Waals surface area contributed by atoms with Crippen molar-refractivity contribution in [3.8, 4) is 0 Å². The Balaban J connectivity index is 3.18.